The Kier molecular flexibility index (Phi) is 14.4. The van der Waals surface area contributed by atoms with Crippen LogP contribution in [0.2, 0.25) is 0 Å². The van der Waals surface area contributed by atoms with Gasteiger partial charge in [0.15, 0.2) is 11.6 Å². The largest absolute Gasteiger partial charge is 0.507 e. The number of carbonyl (C=O) groups is 2. The molecule has 6 aromatic carbocycles. The number of ether oxygens (including phenoxy) is 1. The molecule has 6 aromatic rings. The lowest BCUT2D eigenvalue weighted by atomic mass is 10.1. The molecule has 0 amide bonds. The van der Waals surface area contributed by atoms with Gasteiger partial charge >= 0.3 is 0 Å². The SMILES string of the molecule is BrCc1ccccc1.CC(=O)c1cc(S(=O)(=O)c2ccccc2)ccc1O.CC(=O)c1cc(S(=O)(=O)c2ccccc2)ccc1OCc1ccccc1. The predicted molar refractivity (Wildman–Crippen MR) is 208 cm³/mol. The molecule has 0 spiro atoms. The number of hydrogen-bond acceptors (Lipinski definition) is 8. The van der Waals surface area contributed by atoms with Gasteiger partial charge in [0.1, 0.15) is 18.1 Å². The standard InChI is InChI=1S/C21H18O4S.C14H12O4S.C7H7Br/c1-16(22)20-14-19(26(23,24)18-10-6-3-7-11-18)12-13-21(20)25-15-17-8-4-2-5-9-17;1-10(15)13-9-12(7-8-14(13)16)19(17,18)11-5-3-2-4-6-11;8-6-7-4-2-1-3-5-7/h2-14H,15H2,1H3;2-9,16H,1H3;1-5H,6H2. The number of carbonyl (C=O) groups excluding carboxylic acids is 2. The zero-order chi connectivity index (χ0) is 38.4. The highest BCUT2D eigenvalue weighted by molar-refractivity contribution is 9.08. The first-order chi connectivity index (χ1) is 25.3. The van der Waals surface area contributed by atoms with E-state index < -0.39 is 19.7 Å². The van der Waals surface area contributed by atoms with Crippen molar-refractivity contribution in [2.24, 2.45) is 0 Å². The number of Topliss-reactive ketones (excluding diaryl/α,β-unsaturated/α-hetero) is 2. The average Bonchev–Trinajstić information content (AvgIpc) is 3.19. The van der Waals surface area contributed by atoms with Crippen LogP contribution >= 0.6 is 15.9 Å². The van der Waals surface area contributed by atoms with Crippen LogP contribution in [0.15, 0.2) is 177 Å². The summed E-state index contributed by atoms with van der Waals surface area (Å²) < 4.78 is 55.9. The minimum atomic E-state index is -3.69. The second kappa shape index (κ2) is 18.9. The maximum absolute atomic E-state index is 12.7. The van der Waals surface area contributed by atoms with Gasteiger partial charge in [0.25, 0.3) is 0 Å². The van der Waals surface area contributed by atoms with Gasteiger partial charge in [-0.15, -0.1) is 0 Å². The van der Waals surface area contributed by atoms with Crippen LogP contribution in [0.4, 0.5) is 0 Å². The molecule has 0 aliphatic carbocycles. The average molecular weight is 814 g/mol. The van der Waals surface area contributed by atoms with E-state index in [4.69, 9.17) is 4.74 Å². The monoisotopic (exact) mass is 812 g/mol. The molecule has 0 heterocycles. The second-order valence-electron chi connectivity index (χ2n) is 11.5. The second-order valence-corrected chi connectivity index (χ2v) is 15.9. The van der Waals surface area contributed by atoms with Crippen LogP contribution in [0.25, 0.3) is 0 Å². The Labute approximate surface area is 318 Å². The van der Waals surface area contributed by atoms with Crippen LogP contribution in [0.5, 0.6) is 11.5 Å². The van der Waals surface area contributed by atoms with Gasteiger partial charge in [-0.05, 0) is 85.6 Å². The van der Waals surface area contributed by atoms with Crippen LogP contribution in [0.1, 0.15) is 45.7 Å². The van der Waals surface area contributed by atoms with Crippen molar-refractivity contribution in [2.75, 3.05) is 0 Å². The normalized spacial score (nSPS) is 10.8. The number of sulfone groups is 2. The maximum Gasteiger partial charge on any atom is 0.206 e. The molecule has 0 atom stereocenters. The summed E-state index contributed by atoms with van der Waals surface area (Å²) in [5.41, 5.74) is 2.53. The van der Waals surface area contributed by atoms with Gasteiger partial charge in [-0.2, -0.15) is 0 Å². The van der Waals surface area contributed by atoms with E-state index in [1.807, 2.05) is 48.5 Å². The molecule has 53 heavy (non-hydrogen) atoms. The molecule has 0 fully saturated rings. The minimum Gasteiger partial charge on any atom is -0.507 e. The molecular formula is C42H37BrO8S2. The smallest absolute Gasteiger partial charge is 0.206 e. The van der Waals surface area contributed by atoms with Crippen molar-refractivity contribution in [3.63, 3.8) is 0 Å². The fourth-order valence-electron chi connectivity index (χ4n) is 4.82. The molecular weight excluding hydrogens is 776 g/mol. The molecule has 0 bridgehead atoms. The van der Waals surface area contributed by atoms with E-state index in [2.05, 4.69) is 28.1 Å². The quantitative estimate of drug-likeness (QED) is 0.107. The fraction of sp³-hybridized carbons (Fsp3) is 0.0952. The first-order valence-electron chi connectivity index (χ1n) is 16.2. The molecule has 0 unspecified atom stereocenters. The summed E-state index contributed by atoms with van der Waals surface area (Å²) in [6.07, 6.45) is 0. The van der Waals surface area contributed by atoms with Crippen molar-refractivity contribution in [3.8, 4) is 11.5 Å². The molecule has 1 N–H and O–H groups in total. The Bertz CT molecular complexity index is 2350. The Morgan fingerprint density at radius 1 is 0.528 bits per heavy atom. The van der Waals surface area contributed by atoms with Crippen LogP contribution in [-0.4, -0.2) is 33.5 Å². The number of benzene rings is 6. The summed E-state index contributed by atoms with van der Waals surface area (Å²) in [7, 11) is -7.36. The Hall–Kier alpha value is -5.36. The van der Waals surface area contributed by atoms with Crippen molar-refractivity contribution in [1.29, 1.82) is 0 Å². The zero-order valence-corrected chi connectivity index (χ0v) is 32.1. The lowest BCUT2D eigenvalue weighted by Gasteiger charge is -2.12. The molecule has 11 heteroatoms. The molecule has 8 nitrogen and oxygen atoms in total. The number of ketones is 2. The van der Waals surface area contributed by atoms with Crippen LogP contribution < -0.4 is 4.74 Å². The first-order valence-corrected chi connectivity index (χ1v) is 20.3. The highest BCUT2D eigenvalue weighted by Gasteiger charge is 2.21. The number of hydrogen-bond donors (Lipinski definition) is 1. The van der Waals surface area contributed by atoms with Crippen LogP contribution in [0, 0.1) is 0 Å². The third kappa shape index (κ3) is 11.1. The number of halogens is 1. The van der Waals surface area contributed by atoms with Crippen molar-refractivity contribution in [1.82, 2.24) is 0 Å². The van der Waals surface area contributed by atoms with Gasteiger partial charge < -0.3 is 9.84 Å². The summed E-state index contributed by atoms with van der Waals surface area (Å²) in [6.45, 7) is 2.96. The van der Waals surface area contributed by atoms with E-state index in [0.29, 0.717) is 12.4 Å². The molecule has 0 aliphatic rings. The third-order valence-electron chi connectivity index (χ3n) is 7.64. The Balaban J connectivity index is 0.000000202. The Morgan fingerprint density at radius 3 is 1.34 bits per heavy atom. The molecule has 0 saturated carbocycles. The van der Waals surface area contributed by atoms with Crippen molar-refractivity contribution >= 4 is 47.2 Å². The minimum absolute atomic E-state index is 0.00277. The van der Waals surface area contributed by atoms with Crippen molar-refractivity contribution in [2.45, 2.75) is 45.4 Å². The molecule has 0 aliphatic heterocycles. The van der Waals surface area contributed by atoms with Gasteiger partial charge in [-0.25, -0.2) is 16.8 Å². The van der Waals surface area contributed by atoms with Crippen molar-refractivity contribution < 1.29 is 36.3 Å². The summed E-state index contributed by atoms with van der Waals surface area (Å²) in [5.74, 6) is -0.492. The van der Waals surface area contributed by atoms with Gasteiger partial charge in [0.05, 0.1) is 30.7 Å². The summed E-state index contributed by atoms with van der Waals surface area (Å²) in [5, 5.41) is 10.5. The number of rotatable bonds is 10. The number of phenolic OH excluding ortho intramolecular Hbond substituents is 1. The third-order valence-corrected chi connectivity index (χ3v) is 11.8. The van der Waals surface area contributed by atoms with Crippen molar-refractivity contribution in [3.05, 3.63) is 180 Å². The van der Waals surface area contributed by atoms with E-state index in [9.17, 15) is 31.5 Å². The molecule has 272 valence electrons. The lowest BCUT2D eigenvalue weighted by Crippen LogP contribution is -2.06. The first kappa shape index (κ1) is 40.4. The van der Waals surface area contributed by atoms with E-state index in [0.717, 1.165) is 10.9 Å². The predicted octanol–water partition coefficient (Wildman–Crippen LogP) is 9.31. The summed E-state index contributed by atoms with van der Waals surface area (Å²) >= 11 is 3.36. The summed E-state index contributed by atoms with van der Waals surface area (Å²) in [6, 6.07) is 44.0. The van der Waals surface area contributed by atoms with Gasteiger partial charge in [0.2, 0.25) is 19.7 Å². The Morgan fingerprint density at radius 2 is 0.925 bits per heavy atom. The molecule has 0 saturated heterocycles. The van der Waals surface area contributed by atoms with E-state index in [1.165, 1.54) is 80.1 Å². The molecule has 0 aromatic heterocycles. The molecule has 0 radical (unpaired) electrons. The summed E-state index contributed by atoms with van der Waals surface area (Å²) in [4.78, 5) is 23.7. The van der Waals surface area contributed by atoms with E-state index >= 15 is 0 Å². The van der Waals surface area contributed by atoms with E-state index in [-0.39, 0.29) is 48.0 Å². The van der Waals surface area contributed by atoms with Crippen LogP contribution in [-0.2, 0) is 31.6 Å². The zero-order valence-electron chi connectivity index (χ0n) is 28.9. The maximum atomic E-state index is 12.7. The van der Waals surface area contributed by atoms with Gasteiger partial charge in [-0.1, -0.05) is 113 Å². The highest BCUT2D eigenvalue weighted by Crippen LogP contribution is 2.28. The number of phenols is 1. The highest BCUT2D eigenvalue weighted by atomic mass is 79.9. The molecule has 6 rings (SSSR count). The van der Waals surface area contributed by atoms with Gasteiger partial charge in [0, 0.05) is 5.33 Å². The fourth-order valence-corrected chi connectivity index (χ4v) is 7.80. The number of alkyl halides is 1. The van der Waals surface area contributed by atoms with Crippen LogP contribution in [0.3, 0.4) is 0 Å². The topological polar surface area (TPSA) is 132 Å². The number of aromatic hydroxyl groups is 1. The van der Waals surface area contributed by atoms with Gasteiger partial charge in [-0.3, -0.25) is 9.59 Å². The van der Waals surface area contributed by atoms with E-state index in [1.54, 1.807) is 36.4 Å². The lowest BCUT2D eigenvalue weighted by molar-refractivity contribution is 0.100.